The van der Waals surface area contributed by atoms with Gasteiger partial charge in [-0.25, -0.2) is 4.39 Å². The van der Waals surface area contributed by atoms with Gasteiger partial charge >= 0.3 is 5.97 Å². The lowest BCUT2D eigenvalue weighted by atomic mass is 10.0. The van der Waals surface area contributed by atoms with Crippen molar-refractivity contribution in [2.45, 2.75) is 26.3 Å². The lowest BCUT2D eigenvalue weighted by Crippen LogP contribution is -2.53. The molecule has 4 nitrogen and oxygen atoms in total. The molecule has 0 bridgehead atoms. The number of hydrogen-bond donors (Lipinski definition) is 2. The van der Waals surface area contributed by atoms with Gasteiger partial charge in [-0.3, -0.25) is 10.1 Å². The van der Waals surface area contributed by atoms with Gasteiger partial charge in [0.05, 0.1) is 0 Å². The topological polar surface area (TPSA) is 58.6 Å². The summed E-state index contributed by atoms with van der Waals surface area (Å²) < 4.78 is 18.5. The van der Waals surface area contributed by atoms with Crippen molar-refractivity contribution in [3.05, 3.63) is 29.6 Å². The molecular formula is C13H18FNO3. The first-order chi connectivity index (χ1) is 8.39. The minimum Gasteiger partial charge on any atom is -0.491 e. The molecule has 0 aliphatic carbocycles. The van der Waals surface area contributed by atoms with Crippen LogP contribution in [0.1, 0.15) is 19.4 Å². The molecule has 1 aromatic carbocycles. The van der Waals surface area contributed by atoms with Crippen LogP contribution in [-0.2, 0) is 4.79 Å². The number of hydrogen-bond acceptors (Lipinski definition) is 3. The zero-order chi connectivity index (χ0) is 13.8. The smallest absolute Gasteiger partial charge is 0.327 e. The van der Waals surface area contributed by atoms with Crippen molar-refractivity contribution >= 4 is 5.97 Å². The average Bonchev–Trinajstić information content (AvgIpc) is 2.30. The number of aliphatic carboxylic acids is 1. The molecule has 0 aliphatic heterocycles. The Bertz CT molecular complexity index is 436. The van der Waals surface area contributed by atoms with Crippen molar-refractivity contribution in [1.82, 2.24) is 5.32 Å². The van der Waals surface area contributed by atoms with Crippen molar-refractivity contribution in [3.8, 4) is 5.75 Å². The van der Waals surface area contributed by atoms with Gasteiger partial charge in [0.25, 0.3) is 0 Å². The SMILES string of the molecule is CCNC(C)(COc1cc(F)ccc1C)C(=O)O. The molecule has 0 fully saturated rings. The zero-order valence-corrected chi connectivity index (χ0v) is 10.8. The quantitative estimate of drug-likeness (QED) is 0.816. The van der Waals surface area contributed by atoms with Gasteiger partial charge in [-0.05, 0) is 32.0 Å². The monoisotopic (exact) mass is 255 g/mol. The van der Waals surface area contributed by atoms with Crippen LogP contribution < -0.4 is 10.1 Å². The van der Waals surface area contributed by atoms with E-state index < -0.39 is 17.3 Å². The van der Waals surface area contributed by atoms with Gasteiger partial charge in [-0.2, -0.15) is 0 Å². The molecule has 5 heteroatoms. The summed E-state index contributed by atoms with van der Waals surface area (Å²) in [6.07, 6.45) is 0. The van der Waals surface area contributed by atoms with Crippen LogP contribution in [0.2, 0.25) is 0 Å². The highest BCUT2D eigenvalue weighted by atomic mass is 19.1. The summed E-state index contributed by atoms with van der Waals surface area (Å²) in [7, 11) is 0. The highest BCUT2D eigenvalue weighted by molar-refractivity contribution is 5.78. The molecule has 2 N–H and O–H groups in total. The summed E-state index contributed by atoms with van der Waals surface area (Å²) in [5, 5.41) is 12.0. The Hall–Kier alpha value is -1.62. The second kappa shape index (κ2) is 5.82. The predicted molar refractivity (Wildman–Crippen MR) is 66.3 cm³/mol. The summed E-state index contributed by atoms with van der Waals surface area (Å²) in [5.74, 6) is -1.05. The molecule has 0 aliphatic rings. The Balaban J connectivity index is 2.79. The van der Waals surface area contributed by atoms with Gasteiger partial charge in [0.15, 0.2) is 0 Å². The van der Waals surface area contributed by atoms with E-state index in [4.69, 9.17) is 9.84 Å². The lowest BCUT2D eigenvalue weighted by molar-refractivity contribution is -0.145. The van der Waals surface area contributed by atoms with Crippen LogP contribution in [0.15, 0.2) is 18.2 Å². The van der Waals surface area contributed by atoms with E-state index in [2.05, 4.69) is 5.32 Å². The van der Waals surface area contributed by atoms with E-state index in [1.165, 1.54) is 19.1 Å². The highest BCUT2D eigenvalue weighted by Gasteiger charge is 2.33. The lowest BCUT2D eigenvalue weighted by Gasteiger charge is -2.26. The Labute approximate surface area is 106 Å². The third-order valence-electron chi connectivity index (χ3n) is 2.71. The van der Waals surface area contributed by atoms with Crippen molar-refractivity contribution in [2.75, 3.05) is 13.2 Å². The first-order valence-electron chi connectivity index (χ1n) is 5.76. The molecule has 1 rings (SSSR count). The summed E-state index contributed by atoms with van der Waals surface area (Å²) in [5.41, 5.74) is -0.423. The van der Waals surface area contributed by atoms with Crippen molar-refractivity contribution in [3.63, 3.8) is 0 Å². The summed E-state index contributed by atoms with van der Waals surface area (Å²) >= 11 is 0. The minimum absolute atomic E-state index is 0.0690. The van der Waals surface area contributed by atoms with Crippen LogP contribution in [0.3, 0.4) is 0 Å². The molecule has 0 radical (unpaired) electrons. The zero-order valence-electron chi connectivity index (χ0n) is 10.8. The average molecular weight is 255 g/mol. The molecule has 0 aromatic heterocycles. The molecule has 1 unspecified atom stereocenters. The van der Waals surface area contributed by atoms with Crippen LogP contribution in [0.25, 0.3) is 0 Å². The Morgan fingerprint density at radius 1 is 1.56 bits per heavy atom. The van der Waals surface area contributed by atoms with E-state index in [0.29, 0.717) is 12.3 Å². The van der Waals surface area contributed by atoms with Crippen molar-refractivity contribution in [2.24, 2.45) is 0 Å². The van der Waals surface area contributed by atoms with Gasteiger partial charge in [0.1, 0.15) is 23.7 Å². The number of benzene rings is 1. The molecule has 0 amide bonds. The fourth-order valence-electron chi connectivity index (χ4n) is 1.53. The molecule has 0 saturated carbocycles. The third-order valence-corrected chi connectivity index (χ3v) is 2.71. The molecule has 100 valence electrons. The maximum Gasteiger partial charge on any atom is 0.327 e. The number of halogens is 1. The third kappa shape index (κ3) is 3.43. The number of carboxylic acid groups (broad SMARTS) is 1. The molecular weight excluding hydrogens is 237 g/mol. The van der Waals surface area contributed by atoms with E-state index in [9.17, 15) is 9.18 Å². The van der Waals surface area contributed by atoms with Gasteiger partial charge < -0.3 is 9.84 Å². The maximum atomic E-state index is 13.1. The van der Waals surface area contributed by atoms with Crippen LogP contribution in [0.5, 0.6) is 5.75 Å². The summed E-state index contributed by atoms with van der Waals surface area (Å²) in [4.78, 5) is 11.2. The van der Waals surface area contributed by atoms with E-state index in [-0.39, 0.29) is 6.61 Å². The largest absolute Gasteiger partial charge is 0.491 e. The van der Waals surface area contributed by atoms with Gasteiger partial charge in [0.2, 0.25) is 0 Å². The minimum atomic E-state index is -1.19. The van der Waals surface area contributed by atoms with Crippen LogP contribution in [0, 0.1) is 12.7 Å². The highest BCUT2D eigenvalue weighted by Crippen LogP contribution is 2.20. The maximum absolute atomic E-state index is 13.1. The second-order valence-corrected chi connectivity index (χ2v) is 4.37. The summed E-state index contributed by atoms with van der Waals surface area (Å²) in [6, 6.07) is 4.18. The Kier molecular flexibility index (Phi) is 4.67. The number of carboxylic acids is 1. The van der Waals surface area contributed by atoms with Gasteiger partial charge in [-0.1, -0.05) is 13.0 Å². The van der Waals surface area contributed by atoms with Crippen LogP contribution in [0.4, 0.5) is 4.39 Å². The first kappa shape index (κ1) is 14.4. The molecule has 0 spiro atoms. The fraction of sp³-hybridized carbons (Fsp3) is 0.462. The number of ether oxygens (including phenoxy) is 1. The molecule has 0 heterocycles. The predicted octanol–water partition coefficient (Wildman–Crippen LogP) is 1.97. The second-order valence-electron chi connectivity index (χ2n) is 4.37. The first-order valence-corrected chi connectivity index (χ1v) is 5.76. The van der Waals surface area contributed by atoms with Gasteiger partial charge in [0, 0.05) is 6.07 Å². The molecule has 1 aromatic rings. The normalized spacial score (nSPS) is 14.0. The molecule has 1 atom stereocenters. The van der Waals surface area contributed by atoms with E-state index in [1.54, 1.807) is 13.0 Å². The Morgan fingerprint density at radius 2 is 2.22 bits per heavy atom. The van der Waals surface area contributed by atoms with Crippen molar-refractivity contribution in [1.29, 1.82) is 0 Å². The van der Waals surface area contributed by atoms with E-state index in [0.717, 1.165) is 5.56 Å². The number of nitrogens with one attached hydrogen (secondary N) is 1. The summed E-state index contributed by atoms with van der Waals surface area (Å²) in [6.45, 7) is 5.57. The molecule has 0 saturated heterocycles. The van der Waals surface area contributed by atoms with Crippen molar-refractivity contribution < 1.29 is 19.0 Å². The fourth-order valence-corrected chi connectivity index (χ4v) is 1.53. The van der Waals surface area contributed by atoms with E-state index in [1.807, 2.05) is 6.92 Å². The number of carbonyl (C=O) groups is 1. The van der Waals surface area contributed by atoms with Crippen LogP contribution in [-0.4, -0.2) is 29.8 Å². The molecule has 18 heavy (non-hydrogen) atoms. The standard InChI is InChI=1S/C13H18FNO3/c1-4-15-13(3,12(16)17)8-18-11-7-10(14)6-5-9(11)2/h5-7,15H,4,8H2,1-3H3,(H,16,17). The van der Waals surface area contributed by atoms with Gasteiger partial charge in [-0.15, -0.1) is 0 Å². The number of rotatable bonds is 6. The Morgan fingerprint density at radius 3 is 2.78 bits per heavy atom. The van der Waals surface area contributed by atoms with Crippen LogP contribution >= 0.6 is 0 Å². The number of aryl methyl sites for hydroxylation is 1. The van der Waals surface area contributed by atoms with E-state index >= 15 is 0 Å². The number of likely N-dealkylation sites (N-methyl/N-ethyl adjacent to an activating group) is 1.